The molecular formula is C28H37BrO9. The maximum absolute atomic E-state index is 11.8. The Morgan fingerprint density at radius 2 is 1.45 bits per heavy atom. The number of esters is 2. The molecule has 9 nitrogen and oxygen atoms in total. The largest absolute Gasteiger partial charge is 0.507 e. The quantitative estimate of drug-likeness (QED) is 0.213. The Labute approximate surface area is 232 Å². The van der Waals surface area contributed by atoms with Crippen molar-refractivity contribution in [2.75, 3.05) is 20.3 Å². The number of carbonyl (C=O) groups is 4. The van der Waals surface area contributed by atoms with Crippen molar-refractivity contribution >= 4 is 40.4 Å². The first-order chi connectivity index (χ1) is 17.8. The van der Waals surface area contributed by atoms with Gasteiger partial charge in [-0.3, -0.25) is 14.4 Å². The Kier molecular flexibility index (Phi) is 15.6. The SMILES string of the molecule is CCOC(=O)C(C)(C)Oc1c(C=O)cccc1OC.CCOC(=O)CC(C)(C)Br.O=Cc1ccccc1O. The van der Waals surface area contributed by atoms with E-state index in [-0.39, 0.29) is 28.4 Å². The number of alkyl halides is 1. The molecule has 0 amide bonds. The average Bonchev–Trinajstić information content (AvgIpc) is 2.84. The first-order valence-electron chi connectivity index (χ1n) is 11.8. The van der Waals surface area contributed by atoms with Gasteiger partial charge in [-0.05, 0) is 65.8 Å². The summed E-state index contributed by atoms with van der Waals surface area (Å²) in [6.45, 7) is 11.3. The Balaban J connectivity index is 0.000000604. The standard InChI is InChI=1S/C14H18O5.C7H13BrO2.C7H6O2/c1-5-18-13(16)14(2,3)19-12-10(9-15)7-6-8-11(12)17-4;1-4-10-6(9)5-7(2,3)8;8-5-6-3-1-2-4-7(6)9/h6-9H,5H2,1-4H3;4-5H2,1-3H3;1-5,9H. The Morgan fingerprint density at radius 3 is 1.89 bits per heavy atom. The van der Waals surface area contributed by atoms with Gasteiger partial charge in [-0.1, -0.05) is 34.1 Å². The van der Waals surface area contributed by atoms with Crippen LogP contribution in [0.5, 0.6) is 17.2 Å². The fraction of sp³-hybridized carbons (Fsp3) is 0.429. The monoisotopic (exact) mass is 596 g/mol. The number of hydrogen-bond acceptors (Lipinski definition) is 9. The van der Waals surface area contributed by atoms with Crippen LogP contribution in [0, 0.1) is 0 Å². The van der Waals surface area contributed by atoms with Gasteiger partial charge in [0.15, 0.2) is 29.7 Å². The van der Waals surface area contributed by atoms with Crippen molar-refractivity contribution in [3.63, 3.8) is 0 Å². The van der Waals surface area contributed by atoms with Gasteiger partial charge in [-0.25, -0.2) is 4.79 Å². The highest BCUT2D eigenvalue weighted by Crippen LogP contribution is 2.33. The number of benzene rings is 2. The highest BCUT2D eigenvalue weighted by molar-refractivity contribution is 9.10. The maximum Gasteiger partial charge on any atom is 0.349 e. The van der Waals surface area contributed by atoms with E-state index in [4.69, 9.17) is 24.1 Å². The third-order valence-electron chi connectivity index (χ3n) is 4.41. The minimum atomic E-state index is -1.21. The summed E-state index contributed by atoms with van der Waals surface area (Å²) < 4.78 is 20.3. The van der Waals surface area contributed by atoms with Crippen LogP contribution in [-0.4, -0.2) is 59.9 Å². The van der Waals surface area contributed by atoms with Gasteiger partial charge in [0.05, 0.1) is 37.9 Å². The zero-order chi connectivity index (χ0) is 29.4. The fourth-order valence-corrected chi connectivity index (χ4v) is 2.87. The molecule has 0 aromatic heterocycles. The number of ether oxygens (including phenoxy) is 4. The number of aldehydes is 2. The summed E-state index contributed by atoms with van der Waals surface area (Å²) in [6.07, 6.45) is 1.69. The lowest BCUT2D eigenvalue weighted by molar-refractivity contribution is -0.158. The summed E-state index contributed by atoms with van der Waals surface area (Å²) in [5.41, 5.74) is -0.559. The van der Waals surface area contributed by atoms with Crippen molar-refractivity contribution < 1.29 is 43.2 Å². The van der Waals surface area contributed by atoms with Crippen molar-refractivity contribution in [1.82, 2.24) is 0 Å². The molecule has 0 aliphatic heterocycles. The van der Waals surface area contributed by atoms with E-state index in [0.717, 1.165) is 0 Å². The summed E-state index contributed by atoms with van der Waals surface area (Å²) >= 11 is 3.35. The zero-order valence-electron chi connectivity index (χ0n) is 22.9. The minimum absolute atomic E-state index is 0.0347. The number of carbonyl (C=O) groups excluding carboxylic acids is 4. The van der Waals surface area contributed by atoms with Crippen molar-refractivity contribution in [2.45, 2.75) is 57.9 Å². The number of aromatic hydroxyl groups is 1. The first kappa shape index (κ1) is 34.6. The molecule has 0 unspecified atom stereocenters. The number of phenolic OH excluding ortho intramolecular Hbond substituents is 1. The van der Waals surface area contributed by atoms with Crippen molar-refractivity contribution in [3.8, 4) is 17.2 Å². The molecule has 2 rings (SSSR count). The van der Waals surface area contributed by atoms with Gasteiger partial charge in [0, 0.05) is 4.32 Å². The fourth-order valence-electron chi connectivity index (χ4n) is 2.64. The van der Waals surface area contributed by atoms with Crippen LogP contribution in [0.2, 0.25) is 0 Å². The molecule has 0 radical (unpaired) electrons. The Morgan fingerprint density at radius 1 is 0.895 bits per heavy atom. The number of rotatable bonds is 10. The zero-order valence-corrected chi connectivity index (χ0v) is 24.5. The number of methoxy groups -OCH3 is 1. The van der Waals surface area contributed by atoms with Crippen LogP contribution in [0.3, 0.4) is 0 Å². The van der Waals surface area contributed by atoms with Gasteiger partial charge in [0.2, 0.25) is 0 Å². The molecule has 0 heterocycles. The normalized spacial score (nSPS) is 10.4. The van der Waals surface area contributed by atoms with Crippen molar-refractivity contribution in [3.05, 3.63) is 53.6 Å². The molecule has 10 heteroatoms. The van der Waals surface area contributed by atoms with E-state index in [1.807, 2.05) is 13.8 Å². The summed E-state index contributed by atoms with van der Waals surface area (Å²) in [7, 11) is 1.47. The van der Waals surface area contributed by atoms with Gasteiger partial charge in [-0.2, -0.15) is 0 Å². The van der Waals surface area contributed by atoms with E-state index in [1.165, 1.54) is 13.2 Å². The predicted molar refractivity (Wildman–Crippen MR) is 147 cm³/mol. The smallest absolute Gasteiger partial charge is 0.349 e. The van der Waals surface area contributed by atoms with E-state index in [1.54, 1.807) is 64.1 Å². The molecule has 0 spiro atoms. The topological polar surface area (TPSA) is 125 Å². The molecule has 0 atom stereocenters. The van der Waals surface area contributed by atoms with E-state index >= 15 is 0 Å². The van der Waals surface area contributed by atoms with E-state index < -0.39 is 11.6 Å². The van der Waals surface area contributed by atoms with Crippen molar-refractivity contribution in [1.29, 1.82) is 0 Å². The van der Waals surface area contributed by atoms with Gasteiger partial charge in [0.1, 0.15) is 5.75 Å². The van der Waals surface area contributed by atoms with Crippen LogP contribution >= 0.6 is 15.9 Å². The molecule has 2 aromatic rings. The number of para-hydroxylation sites is 2. The van der Waals surface area contributed by atoms with E-state index in [9.17, 15) is 19.2 Å². The highest BCUT2D eigenvalue weighted by Gasteiger charge is 2.33. The van der Waals surface area contributed by atoms with Crippen LogP contribution in [0.4, 0.5) is 0 Å². The highest BCUT2D eigenvalue weighted by atomic mass is 79.9. The Bertz CT molecular complexity index is 1040. The molecule has 1 N–H and O–H groups in total. The van der Waals surface area contributed by atoms with E-state index in [0.29, 0.717) is 42.5 Å². The number of halogens is 1. The van der Waals surface area contributed by atoms with E-state index in [2.05, 4.69) is 15.9 Å². The average molecular weight is 597 g/mol. The predicted octanol–water partition coefficient (Wildman–Crippen LogP) is 5.55. The summed E-state index contributed by atoms with van der Waals surface area (Å²) in [5.74, 6) is 0.00894. The van der Waals surface area contributed by atoms with Gasteiger partial charge in [-0.15, -0.1) is 0 Å². The third-order valence-corrected chi connectivity index (χ3v) is 4.69. The van der Waals surface area contributed by atoms with Gasteiger partial charge in [0.25, 0.3) is 0 Å². The Hall–Kier alpha value is -3.40. The maximum atomic E-state index is 11.8. The second kappa shape index (κ2) is 17.2. The lowest BCUT2D eigenvalue weighted by Gasteiger charge is -2.25. The van der Waals surface area contributed by atoms with Gasteiger partial charge < -0.3 is 24.1 Å². The summed E-state index contributed by atoms with van der Waals surface area (Å²) in [4.78, 5) is 43.7. The van der Waals surface area contributed by atoms with Crippen molar-refractivity contribution in [2.24, 2.45) is 0 Å². The van der Waals surface area contributed by atoms with Gasteiger partial charge >= 0.3 is 11.9 Å². The molecule has 0 aliphatic carbocycles. The number of phenols is 1. The lowest BCUT2D eigenvalue weighted by Crippen LogP contribution is -2.40. The van der Waals surface area contributed by atoms with Crippen LogP contribution in [-0.2, 0) is 19.1 Å². The summed E-state index contributed by atoms with van der Waals surface area (Å²) in [5, 5.41) is 8.88. The molecule has 38 heavy (non-hydrogen) atoms. The molecule has 0 bridgehead atoms. The third kappa shape index (κ3) is 13.2. The minimum Gasteiger partial charge on any atom is -0.507 e. The lowest BCUT2D eigenvalue weighted by atomic mass is 10.1. The second-order valence-corrected chi connectivity index (χ2v) is 10.9. The second-order valence-electron chi connectivity index (χ2n) is 8.71. The molecule has 0 aliphatic rings. The van der Waals surface area contributed by atoms with Crippen LogP contribution in [0.15, 0.2) is 42.5 Å². The first-order valence-corrected chi connectivity index (χ1v) is 12.6. The van der Waals surface area contributed by atoms with Crippen LogP contribution in [0.25, 0.3) is 0 Å². The molecule has 2 aromatic carbocycles. The molecule has 210 valence electrons. The molecular weight excluding hydrogens is 560 g/mol. The number of hydrogen-bond donors (Lipinski definition) is 1. The molecule has 0 saturated heterocycles. The molecule has 0 saturated carbocycles. The van der Waals surface area contributed by atoms with Crippen LogP contribution < -0.4 is 9.47 Å². The summed E-state index contributed by atoms with van der Waals surface area (Å²) in [6, 6.07) is 11.3. The van der Waals surface area contributed by atoms with Crippen LogP contribution in [0.1, 0.15) is 68.7 Å². The molecule has 0 fully saturated rings.